The molecule has 0 unspecified atom stereocenters. The van der Waals surface area contributed by atoms with E-state index in [0.29, 0.717) is 6.42 Å². The molecule has 0 N–H and O–H groups in total. The number of hydrogen-bond acceptors (Lipinski definition) is 3. The minimum Gasteiger partial charge on any atom is -0.460 e. The molecule has 0 aliphatic carbocycles. The van der Waals surface area contributed by atoms with Crippen molar-refractivity contribution in [1.29, 1.82) is 0 Å². The Hall–Kier alpha value is -0.570. The highest BCUT2D eigenvalue weighted by Gasteiger charge is 2.18. The lowest BCUT2D eigenvalue weighted by molar-refractivity contribution is -0.154. The van der Waals surface area contributed by atoms with Crippen molar-refractivity contribution in [1.82, 2.24) is 4.90 Å². The van der Waals surface area contributed by atoms with E-state index in [0.717, 1.165) is 13.0 Å². The van der Waals surface area contributed by atoms with E-state index in [1.165, 1.54) is 13.1 Å². The fourth-order valence-electron chi connectivity index (χ4n) is 1.13. The first-order chi connectivity index (χ1) is 5.97. The van der Waals surface area contributed by atoms with Gasteiger partial charge in [0.25, 0.3) is 0 Å². The van der Waals surface area contributed by atoms with E-state index in [4.69, 9.17) is 4.74 Å². The summed E-state index contributed by atoms with van der Waals surface area (Å²) in [4.78, 5) is 13.5. The van der Waals surface area contributed by atoms with E-state index >= 15 is 0 Å². The Kier molecular flexibility index (Phi) is 3.31. The van der Waals surface area contributed by atoms with Gasteiger partial charge in [-0.2, -0.15) is 0 Å². The molecule has 0 atom stereocenters. The average molecular weight is 185 g/mol. The van der Waals surface area contributed by atoms with Crippen LogP contribution in [0.15, 0.2) is 0 Å². The summed E-state index contributed by atoms with van der Waals surface area (Å²) in [5.74, 6) is -0.0747. The van der Waals surface area contributed by atoms with Crippen molar-refractivity contribution in [2.24, 2.45) is 0 Å². The van der Waals surface area contributed by atoms with Crippen molar-refractivity contribution >= 4 is 5.97 Å². The molecule has 0 aromatic carbocycles. The lowest BCUT2D eigenvalue weighted by atomic mass is 10.2. The molecule has 1 aliphatic rings. The molecule has 0 aromatic heterocycles. The van der Waals surface area contributed by atoms with E-state index in [1.807, 2.05) is 20.8 Å². The van der Waals surface area contributed by atoms with Crippen LogP contribution in [-0.2, 0) is 9.53 Å². The number of carbonyl (C=O) groups is 1. The molecular formula is C10H19NO2. The van der Waals surface area contributed by atoms with E-state index in [-0.39, 0.29) is 11.6 Å². The van der Waals surface area contributed by atoms with Gasteiger partial charge in [-0.1, -0.05) is 0 Å². The van der Waals surface area contributed by atoms with Gasteiger partial charge in [-0.05, 0) is 33.7 Å². The Bertz CT molecular complexity index is 180. The number of carbonyl (C=O) groups excluding carboxylic acids is 1. The maximum Gasteiger partial charge on any atom is 0.306 e. The maximum atomic E-state index is 11.2. The SMILES string of the molecule is CC(C)(C)OC(=O)CCCN1CC1. The lowest BCUT2D eigenvalue weighted by Crippen LogP contribution is -2.24. The lowest BCUT2D eigenvalue weighted by Gasteiger charge is -2.19. The van der Waals surface area contributed by atoms with Crippen LogP contribution in [0.4, 0.5) is 0 Å². The number of hydrogen-bond donors (Lipinski definition) is 0. The van der Waals surface area contributed by atoms with Gasteiger partial charge in [-0.25, -0.2) is 0 Å². The third kappa shape index (κ3) is 5.64. The van der Waals surface area contributed by atoms with Gasteiger partial charge >= 0.3 is 5.97 Å². The Labute approximate surface area is 80.1 Å². The summed E-state index contributed by atoms with van der Waals surface area (Å²) in [7, 11) is 0. The van der Waals surface area contributed by atoms with Crippen LogP contribution >= 0.6 is 0 Å². The third-order valence-corrected chi connectivity index (χ3v) is 1.82. The first-order valence-corrected chi connectivity index (χ1v) is 4.91. The smallest absolute Gasteiger partial charge is 0.306 e. The largest absolute Gasteiger partial charge is 0.460 e. The fourth-order valence-corrected chi connectivity index (χ4v) is 1.13. The molecule has 3 heteroatoms. The zero-order valence-corrected chi connectivity index (χ0v) is 8.80. The van der Waals surface area contributed by atoms with Crippen molar-refractivity contribution < 1.29 is 9.53 Å². The van der Waals surface area contributed by atoms with Gasteiger partial charge in [0.1, 0.15) is 5.60 Å². The summed E-state index contributed by atoms with van der Waals surface area (Å²) < 4.78 is 5.18. The van der Waals surface area contributed by atoms with Gasteiger partial charge in [0.15, 0.2) is 0 Å². The van der Waals surface area contributed by atoms with Crippen LogP contribution in [0.1, 0.15) is 33.6 Å². The number of nitrogens with zero attached hydrogens (tertiary/aromatic N) is 1. The van der Waals surface area contributed by atoms with E-state index in [9.17, 15) is 4.79 Å². The minimum atomic E-state index is -0.336. The van der Waals surface area contributed by atoms with Gasteiger partial charge in [0, 0.05) is 19.5 Å². The molecule has 0 amide bonds. The van der Waals surface area contributed by atoms with Crippen LogP contribution in [0.3, 0.4) is 0 Å². The predicted molar refractivity (Wildman–Crippen MR) is 51.5 cm³/mol. The second-order valence-electron chi connectivity index (χ2n) is 4.53. The van der Waals surface area contributed by atoms with Gasteiger partial charge in [0.05, 0.1) is 0 Å². The molecule has 76 valence electrons. The van der Waals surface area contributed by atoms with Crippen molar-refractivity contribution in [3.05, 3.63) is 0 Å². The van der Waals surface area contributed by atoms with E-state index in [1.54, 1.807) is 0 Å². The molecule has 3 nitrogen and oxygen atoms in total. The summed E-state index contributed by atoms with van der Waals surface area (Å²) in [5, 5.41) is 0. The van der Waals surface area contributed by atoms with Crippen molar-refractivity contribution in [2.75, 3.05) is 19.6 Å². The Balaban J connectivity index is 2.02. The number of rotatable bonds is 4. The molecule has 1 heterocycles. The number of esters is 1. The second-order valence-corrected chi connectivity index (χ2v) is 4.53. The van der Waals surface area contributed by atoms with Gasteiger partial charge in [0.2, 0.25) is 0 Å². The van der Waals surface area contributed by atoms with Crippen LogP contribution in [0.2, 0.25) is 0 Å². The Morgan fingerprint density at radius 1 is 1.38 bits per heavy atom. The third-order valence-electron chi connectivity index (χ3n) is 1.82. The summed E-state index contributed by atoms with van der Waals surface area (Å²) in [6, 6.07) is 0. The standard InChI is InChI=1S/C10H19NO2/c1-10(2,3)13-9(12)5-4-6-11-7-8-11/h4-8H2,1-3H3. The summed E-state index contributed by atoms with van der Waals surface area (Å²) >= 11 is 0. The van der Waals surface area contributed by atoms with Crippen molar-refractivity contribution in [3.63, 3.8) is 0 Å². The zero-order chi connectivity index (χ0) is 9.90. The van der Waals surface area contributed by atoms with Crippen LogP contribution in [0.25, 0.3) is 0 Å². The molecule has 0 aromatic rings. The van der Waals surface area contributed by atoms with Crippen LogP contribution in [0.5, 0.6) is 0 Å². The fraction of sp³-hybridized carbons (Fsp3) is 0.900. The molecule has 0 saturated carbocycles. The molecule has 0 radical (unpaired) electrons. The van der Waals surface area contributed by atoms with Gasteiger partial charge in [-0.15, -0.1) is 0 Å². The van der Waals surface area contributed by atoms with Gasteiger partial charge in [-0.3, -0.25) is 4.79 Å². The molecule has 1 saturated heterocycles. The molecular weight excluding hydrogens is 166 g/mol. The molecule has 1 fully saturated rings. The zero-order valence-electron chi connectivity index (χ0n) is 8.80. The molecule has 1 rings (SSSR count). The average Bonchev–Trinajstić information content (AvgIpc) is 2.66. The van der Waals surface area contributed by atoms with Gasteiger partial charge < -0.3 is 9.64 Å². The second kappa shape index (κ2) is 4.09. The Morgan fingerprint density at radius 2 is 2.00 bits per heavy atom. The topological polar surface area (TPSA) is 29.3 Å². The normalized spacial score (nSPS) is 17.2. The van der Waals surface area contributed by atoms with E-state index in [2.05, 4.69) is 4.90 Å². The summed E-state index contributed by atoms with van der Waals surface area (Å²) in [6.07, 6.45) is 1.47. The molecule has 13 heavy (non-hydrogen) atoms. The van der Waals surface area contributed by atoms with E-state index < -0.39 is 0 Å². The Morgan fingerprint density at radius 3 is 2.46 bits per heavy atom. The highest BCUT2D eigenvalue weighted by atomic mass is 16.6. The minimum absolute atomic E-state index is 0.0747. The highest BCUT2D eigenvalue weighted by molar-refractivity contribution is 5.69. The molecule has 0 bridgehead atoms. The molecule has 0 spiro atoms. The van der Waals surface area contributed by atoms with Crippen LogP contribution < -0.4 is 0 Å². The summed E-state index contributed by atoms with van der Waals surface area (Å²) in [6.45, 7) is 9.14. The molecule has 1 aliphatic heterocycles. The first-order valence-electron chi connectivity index (χ1n) is 4.91. The first kappa shape index (κ1) is 10.5. The number of ether oxygens (including phenoxy) is 1. The highest BCUT2D eigenvalue weighted by Crippen LogP contribution is 2.10. The predicted octanol–water partition coefficient (Wildman–Crippen LogP) is 1.42. The quantitative estimate of drug-likeness (QED) is 0.490. The monoisotopic (exact) mass is 185 g/mol. The van der Waals surface area contributed by atoms with Crippen LogP contribution in [0, 0.1) is 0 Å². The summed E-state index contributed by atoms with van der Waals surface area (Å²) in [5.41, 5.74) is -0.336. The van der Waals surface area contributed by atoms with Crippen molar-refractivity contribution in [3.8, 4) is 0 Å². The van der Waals surface area contributed by atoms with Crippen molar-refractivity contribution in [2.45, 2.75) is 39.2 Å². The van der Waals surface area contributed by atoms with Crippen LogP contribution in [-0.4, -0.2) is 36.1 Å². The maximum absolute atomic E-state index is 11.2.